The topological polar surface area (TPSA) is 33.2 Å². The summed E-state index contributed by atoms with van der Waals surface area (Å²) < 4.78 is 0. The Hall–Kier alpha value is -0.610. The average Bonchev–Trinajstić information content (AvgIpc) is 2.72. The third-order valence-electron chi connectivity index (χ3n) is 3.73. The Labute approximate surface area is 124 Å². The maximum atomic E-state index is 12.3. The maximum Gasteiger partial charge on any atom is 0.229 e. The highest BCUT2D eigenvalue weighted by molar-refractivity contribution is 7.09. The smallest absolute Gasteiger partial charge is 0.229 e. The van der Waals surface area contributed by atoms with Crippen molar-refractivity contribution >= 4 is 28.8 Å². The molecule has 0 saturated carbocycles. The summed E-state index contributed by atoms with van der Waals surface area (Å²) in [5.74, 6) is 0.621. The minimum atomic E-state index is 0.202. The van der Waals surface area contributed by atoms with Crippen molar-refractivity contribution < 1.29 is 4.79 Å². The van der Waals surface area contributed by atoms with Crippen LogP contribution in [0.1, 0.15) is 43.8 Å². The van der Waals surface area contributed by atoms with Crippen LogP contribution in [-0.2, 0) is 17.1 Å². The summed E-state index contributed by atoms with van der Waals surface area (Å²) in [6.07, 6.45) is 3.81. The highest BCUT2D eigenvalue weighted by atomic mass is 35.5. The molecule has 0 atom stereocenters. The van der Waals surface area contributed by atoms with Crippen molar-refractivity contribution in [3.8, 4) is 0 Å². The lowest BCUT2D eigenvalue weighted by molar-refractivity contribution is -0.130. The zero-order chi connectivity index (χ0) is 13.9. The second-order valence-corrected chi connectivity index (χ2v) is 7.15. The summed E-state index contributed by atoms with van der Waals surface area (Å²) in [7, 11) is 0. The molecule has 1 aliphatic rings. The molecule has 0 aliphatic carbocycles. The summed E-state index contributed by atoms with van der Waals surface area (Å²) in [6, 6.07) is 0. The van der Waals surface area contributed by atoms with E-state index in [2.05, 4.69) is 18.8 Å². The minimum absolute atomic E-state index is 0.202. The fraction of sp³-hybridized carbons (Fsp3) is 0.714. The van der Waals surface area contributed by atoms with E-state index in [1.807, 2.05) is 10.3 Å². The molecule has 0 radical (unpaired) electrons. The van der Waals surface area contributed by atoms with Crippen molar-refractivity contribution in [1.29, 1.82) is 0 Å². The van der Waals surface area contributed by atoms with Crippen molar-refractivity contribution in [2.24, 2.45) is 5.41 Å². The van der Waals surface area contributed by atoms with Gasteiger partial charge in [0.15, 0.2) is 0 Å². The molecule has 0 bridgehead atoms. The summed E-state index contributed by atoms with van der Waals surface area (Å²) >= 11 is 7.26. The van der Waals surface area contributed by atoms with Gasteiger partial charge < -0.3 is 4.90 Å². The summed E-state index contributed by atoms with van der Waals surface area (Å²) in [6.45, 7) is 6.33. The number of carbonyl (C=O) groups is 1. The van der Waals surface area contributed by atoms with E-state index in [0.29, 0.717) is 17.7 Å². The van der Waals surface area contributed by atoms with Crippen LogP contribution < -0.4 is 0 Å². The Balaban J connectivity index is 1.92. The predicted molar refractivity (Wildman–Crippen MR) is 79.6 cm³/mol. The van der Waals surface area contributed by atoms with Gasteiger partial charge in [0.2, 0.25) is 5.91 Å². The second kappa shape index (κ2) is 6.23. The molecule has 1 aromatic rings. The van der Waals surface area contributed by atoms with Crippen LogP contribution in [0.3, 0.4) is 0 Å². The van der Waals surface area contributed by atoms with Gasteiger partial charge >= 0.3 is 0 Å². The number of halogens is 1. The van der Waals surface area contributed by atoms with Crippen LogP contribution in [0.4, 0.5) is 0 Å². The van der Waals surface area contributed by atoms with Gasteiger partial charge in [-0.2, -0.15) is 0 Å². The Bertz CT molecular complexity index is 444. The van der Waals surface area contributed by atoms with E-state index in [4.69, 9.17) is 11.6 Å². The standard InChI is InChI=1S/C14H21ClN2OS/c1-14(2)4-3-6-17(7-5-14)13(18)8-12-16-11(9-15)10-19-12/h10H,3-9H2,1-2H3. The fourth-order valence-corrected chi connectivity index (χ4v) is 3.42. The van der Waals surface area contributed by atoms with E-state index in [9.17, 15) is 4.79 Å². The Morgan fingerprint density at radius 1 is 1.47 bits per heavy atom. The van der Waals surface area contributed by atoms with Gasteiger partial charge in [-0.25, -0.2) is 4.98 Å². The highest BCUT2D eigenvalue weighted by Gasteiger charge is 2.25. The lowest BCUT2D eigenvalue weighted by atomic mass is 9.85. The number of carbonyl (C=O) groups excluding carboxylic acids is 1. The molecule has 1 fully saturated rings. The first-order valence-corrected chi connectivity index (χ1v) is 8.19. The Morgan fingerprint density at radius 3 is 2.95 bits per heavy atom. The van der Waals surface area contributed by atoms with Crippen molar-refractivity contribution in [3.05, 3.63) is 16.1 Å². The van der Waals surface area contributed by atoms with E-state index in [1.165, 1.54) is 17.8 Å². The Morgan fingerprint density at radius 2 is 2.26 bits per heavy atom. The normalized spacial score (nSPS) is 19.2. The van der Waals surface area contributed by atoms with Gasteiger partial charge in [-0.15, -0.1) is 22.9 Å². The van der Waals surface area contributed by atoms with Crippen LogP contribution in [0.5, 0.6) is 0 Å². The molecule has 0 N–H and O–H groups in total. The number of hydrogen-bond donors (Lipinski definition) is 0. The molecule has 19 heavy (non-hydrogen) atoms. The van der Waals surface area contributed by atoms with E-state index >= 15 is 0 Å². The third-order valence-corrected chi connectivity index (χ3v) is 4.90. The summed E-state index contributed by atoms with van der Waals surface area (Å²) in [5.41, 5.74) is 1.23. The van der Waals surface area contributed by atoms with Crippen LogP contribution in [0, 0.1) is 5.41 Å². The molecule has 3 nitrogen and oxygen atoms in total. The number of amides is 1. The van der Waals surface area contributed by atoms with Crippen LogP contribution >= 0.6 is 22.9 Å². The van der Waals surface area contributed by atoms with Gasteiger partial charge in [0.25, 0.3) is 0 Å². The lowest BCUT2D eigenvalue weighted by Gasteiger charge is -2.23. The first-order chi connectivity index (χ1) is 9.00. The molecule has 1 amide bonds. The van der Waals surface area contributed by atoms with Gasteiger partial charge in [-0.05, 0) is 24.7 Å². The SMILES string of the molecule is CC1(C)CCCN(C(=O)Cc2nc(CCl)cs2)CC1. The number of aromatic nitrogens is 1. The number of thiazole rings is 1. The van der Waals surface area contributed by atoms with Crippen LogP contribution in [0.15, 0.2) is 5.38 Å². The van der Waals surface area contributed by atoms with Gasteiger partial charge in [0.05, 0.1) is 18.0 Å². The molecular weight excluding hydrogens is 280 g/mol. The quantitative estimate of drug-likeness (QED) is 0.801. The molecule has 106 valence electrons. The van der Waals surface area contributed by atoms with Crippen LogP contribution in [-0.4, -0.2) is 28.9 Å². The molecule has 1 aliphatic heterocycles. The maximum absolute atomic E-state index is 12.3. The minimum Gasteiger partial charge on any atom is -0.342 e. The monoisotopic (exact) mass is 300 g/mol. The molecule has 0 aromatic carbocycles. The molecule has 2 heterocycles. The number of alkyl halides is 1. The number of nitrogens with zero attached hydrogens (tertiary/aromatic N) is 2. The largest absolute Gasteiger partial charge is 0.342 e. The fourth-order valence-electron chi connectivity index (χ4n) is 2.40. The van der Waals surface area contributed by atoms with Gasteiger partial charge in [-0.1, -0.05) is 13.8 Å². The van der Waals surface area contributed by atoms with E-state index in [0.717, 1.165) is 36.6 Å². The van der Waals surface area contributed by atoms with Crippen molar-refractivity contribution in [3.63, 3.8) is 0 Å². The zero-order valence-electron chi connectivity index (χ0n) is 11.6. The molecule has 2 rings (SSSR count). The number of hydrogen-bond acceptors (Lipinski definition) is 3. The highest BCUT2D eigenvalue weighted by Crippen LogP contribution is 2.30. The van der Waals surface area contributed by atoms with Crippen molar-refractivity contribution in [1.82, 2.24) is 9.88 Å². The number of likely N-dealkylation sites (tertiary alicyclic amines) is 1. The molecule has 0 spiro atoms. The van der Waals surface area contributed by atoms with Crippen LogP contribution in [0.25, 0.3) is 0 Å². The summed E-state index contributed by atoms with van der Waals surface area (Å²) in [5, 5.41) is 2.81. The third kappa shape index (κ3) is 4.18. The van der Waals surface area contributed by atoms with Gasteiger partial charge in [0, 0.05) is 18.5 Å². The summed E-state index contributed by atoms with van der Waals surface area (Å²) in [4.78, 5) is 18.6. The molecule has 0 unspecified atom stereocenters. The van der Waals surface area contributed by atoms with Crippen LogP contribution in [0.2, 0.25) is 0 Å². The van der Waals surface area contributed by atoms with Gasteiger partial charge in [-0.3, -0.25) is 4.79 Å². The number of rotatable bonds is 3. The predicted octanol–water partition coefficient (Wildman–Crippen LogP) is 3.46. The zero-order valence-corrected chi connectivity index (χ0v) is 13.2. The molecular formula is C14H21ClN2OS. The first kappa shape index (κ1) is 14.8. The molecule has 1 saturated heterocycles. The van der Waals surface area contributed by atoms with Gasteiger partial charge in [0.1, 0.15) is 5.01 Å². The van der Waals surface area contributed by atoms with E-state index < -0.39 is 0 Å². The second-order valence-electron chi connectivity index (χ2n) is 5.94. The average molecular weight is 301 g/mol. The van der Waals surface area contributed by atoms with E-state index in [1.54, 1.807) is 0 Å². The lowest BCUT2D eigenvalue weighted by Crippen LogP contribution is -2.33. The van der Waals surface area contributed by atoms with E-state index in [-0.39, 0.29) is 5.91 Å². The molecule has 1 aromatic heterocycles. The first-order valence-electron chi connectivity index (χ1n) is 6.77. The van der Waals surface area contributed by atoms with Crippen molar-refractivity contribution in [2.75, 3.05) is 13.1 Å². The van der Waals surface area contributed by atoms with Crippen molar-refractivity contribution in [2.45, 2.75) is 45.4 Å². The Kier molecular flexibility index (Phi) is 4.85. The molecule has 5 heteroatoms.